The molecular formula is C19H21N3. The number of benzene rings is 2. The van der Waals surface area contributed by atoms with Gasteiger partial charge in [-0.1, -0.05) is 42.0 Å². The molecule has 1 N–H and O–H groups in total. The fourth-order valence-electron chi connectivity index (χ4n) is 2.75. The van der Waals surface area contributed by atoms with Gasteiger partial charge >= 0.3 is 0 Å². The van der Waals surface area contributed by atoms with Crippen molar-refractivity contribution < 1.29 is 0 Å². The van der Waals surface area contributed by atoms with Gasteiger partial charge in [0, 0.05) is 23.9 Å². The predicted octanol–water partition coefficient (Wildman–Crippen LogP) is 3.88. The summed E-state index contributed by atoms with van der Waals surface area (Å²) in [7, 11) is 1.96. The average molecular weight is 291 g/mol. The Balaban J connectivity index is 2.12. The number of nitrogens with zero attached hydrogens (tertiary/aromatic N) is 2. The van der Waals surface area contributed by atoms with Gasteiger partial charge < -0.3 is 5.32 Å². The fourth-order valence-corrected chi connectivity index (χ4v) is 2.75. The van der Waals surface area contributed by atoms with Crippen molar-refractivity contribution in [2.24, 2.45) is 0 Å². The molecule has 3 nitrogen and oxygen atoms in total. The molecule has 1 aromatic heterocycles. The minimum atomic E-state index is 0.801. The van der Waals surface area contributed by atoms with Gasteiger partial charge in [-0.3, -0.25) is 0 Å². The van der Waals surface area contributed by atoms with Crippen LogP contribution in [0.25, 0.3) is 16.9 Å². The predicted molar refractivity (Wildman–Crippen MR) is 91.2 cm³/mol. The Morgan fingerprint density at radius 2 is 1.82 bits per heavy atom. The lowest BCUT2D eigenvalue weighted by Gasteiger charge is -2.06. The van der Waals surface area contributed by atoms with Crippen LogP contribution in [-0.2, 0) is 6.54 Å². The summed E-state index contributed by atoms with van der Waals surface area (Å²) in [4.78, 5) is 0. The first-order chi connectivity index (χ1) is 10.7. The first-order valence-electron chi connectivity index (χ1n) is 7.55. The molecule has 0 aliphatic carbocycles. The van der Waals surface area contributed by atoms with Crippen LogP contribution in [0.5, 0.6) is 0 Å². The Morgan fingerprint density at radius 1 is 1.05 bits per heavy atom. The summed E-state index contributed by atoms with van der Waals surface area (Å²) >= 11 is 0. The van der Waals surface area contributed by atoms with Crippen LogP contribution in [-0.4, -0.2) is 16.8 Å². The van der Waals surface area contributed by atoms with Crippen LogP contribution in [0.15, 0.2) is 54.7 Å². The minimum absolute atomic E-state index is 0.801. The number of para-hydroxylation sites is 1. The van der Waals surface area contributed by atoms with Gasteiger partial charge in [-0.05, 0) is 38.6 Å². The van der Waals surface area contributed by atoms with Gasteiger partial charge in [0.1, 0.15) is 0 Å². The summed E-state index contributed by atoms with van der Waals surface area (Å²) in [5.41, 5.74) is 7.07. The van der Waals surface area contributed by atoms with Crippen LogP contribution in [0.1, 0.15) is 16.7 Å². The largest absolute Gasteiger partial charge is 0.316 e. The van der Waals surface area contributed by atoms with Gasteiger partial charge in [0.15, 0.2) is 0 Å². The molecule has 0 atom stereocenters. The maximum Gasteiger partial charge on any atom is 0.0975 e. The highest BCUT2D eigenvalue weighted by Gasteiger charge is 2.13. The smallest absolute Gasteiger partial charge is 0.0975 e. The van der Waals surface area contributed by atoms with E-state index >= 15 is 0 Å². The maximum atomic E-state index is 4.84. The van der Waals surface area contributed by atoms with E-state index in [2.05, 4.69) is 55.7 Å². The molecule has 0 fully saturated rings. The summed E-state index contributed by atoms with van der Waals surface area (Å²) in [5.74, 6) is 0. The molecule has 22 heavy (non-hydrogen) atoms. The molecule has 0 saturated heterocycles. The third-order valence-electron chi connectivity index (χ3n) is 3.82. The SMILES string of the molecule is CNCc1cn(-c2ccccc2)nc1-c1ccc(C)cc1C. The maximum absolute atomic E-state index is 4.84. The molecule has 3 aromatic rings. The zero-order valence-corrected chi connectivity index (χ0v) is 13.3. The molecule has 2 aromatic carbocycles. The summed E-state index contributed by atoms with van der Waals surface area (Å²) < 4.78 is 1.96. The Kier molecular flexibility index (Phi) is 4.07. The zero-order chi connectivity index (χ0) is 15.5. The molecule has 3 heteroatoms. The number of nitrogens with one attached hydrogen (secondary N) is 1. The molecule has 0 bridgehead atoms. The summed E-state index contributed by atoms with van der Waals surface area (Å²) in [6.07, 6.45) is 2.11. The standard InChI is InChI=1S/C19H21N3/c1-14-9-10-18(15(2)11-14)19-16(12-20-3)13-22(21-19)17-7-5-4-6-8-17/h4-11,13,20H,12H2,1-3H3. The summed E-state index contributed by atoms with van der Waals surface area (Å²) in [5, 5.41) is 8.07. The van der Waals surface area contributed by atoms with Gasteiger partial charge in [0.2, 0.25) is 0 Å². The second-order valence-corrected chi connectivity index (χ2v) is 5.63. The molecule has 0 unspecified atom stereocenters. The van der Waals surface area contributed by atoms with Crippen LogP contribution in [0.4, 0.5) is 0 Å². The lowest BCUT2D eigenvalue weighted by Crippen LogP contribution is -2.05. The molecule has 0 aliphatic heterocycles. The Hall–Kier alpha value is -2.39. The minimum Gasteiger partial charge on any atom is -0.316 e. The van der Waals surface area contributed by atoms with E-state index in [4.69, 9.17) is 5.10 Å². The van der Waals surface area contributed by atoms with Crippen molar-refractivity contribution >= 4 is 0 Å². The van der Waals surface area contributed by atoms with E-state index in [1.807, 2.05) is 29.9 Å². The third kappa shape index (κ3) is 2.81. The molecule has 0 saturated carbocycles. The van der Waals surface area contributed by atoms with Gasteiger partial charge in [-0.15, -0.1) is 0 Å². The summed E-state index contributed by atoms with van der Waals surface area (Å²) in [6.45, 7) is 5.07. The number of aryl methyl sites for hydroxylation is 2. The Labute approximate surface area is 131 Å². The van der Waals surface area contributed by atoms with E-state index in [1.165, 1.54) is 22.3 Å². The highest BCUT2D eigenvalue weighted by molar-refractivity contribution is 5.67. The van der Waals surface area contributed by atoms with Gasteiger partial charge in [-0.25, -0.2) is 4.68 Å². The highest BCUT2D eigenvalue weighted by atomic mass is 15.3. The molecule has 0 spiro atoms. The van der Waals surface area contributed by atoms with Gasteiger partial charge in [0.05, 0.1) is 11.4 Å². The first kappa shape index (κ1) is 14.5. The Bertz CT molecular complexity index is 773. The van der Waals surface area contributed by atoms with E-state index in [1.54, 1.807) is 0 Å². The van der Waals surface area contributed by atoms with E-state index in [-0.39, 0.29) is 0 Å². The average Bonchev–Trinajstić information content (AvgIpc) is 2.92. The first-order valence-corrected chi connectivity index (χ1v) is 7.55. The van der Waals surface area contributed by atoms with Crippen molar-refractivity contribution in [1.82, 2.24) is 15.1 Å². The van der Waals surface area contributed by atoms with Crippen LogP contribution < -0.4 is 5.32 Å². The topological polar surface area (TPSA) is 29.9 Å². The van der Waals surface area contributed by atoms with Gasteiger partial charge in [-0.2, -0.15) is 5.10 Å². The van der Waals surface area contributed by atoms with Crippen molar-refractivity contribution in [3.8, 4) is 16.9 Å². The van der Waals surface area contributed by atoms with Crippen molar-refractivity contribution in [1.29, 1.82) is 0 Å². The monoisotopic (exact) mass is 291 g/mol. The lowest BCUT2D eigenvalue weighted by molar-refractivity contribution is 0.817. The highest BCUT2D eigenvalue weighted by Crippen LogP contribution is 2.27. The van der Waals surface area contributed by atoms with Crippen LogP contribution >= 0.6 is 0 Å². The van der Waals surface area contributed by atoms with Crippen LogP contribution in [0, 0.1) is 13.8 Å². The summed E-state index contributed by atoms with van der Waals surface area (Å²) in [6, 6.07) is 16.8. The molecular weight excluding hydrogens is 270 g/mol. The van der Waals surface area contributed by atoms with Crippen molar-refractivity contribution in [2.75, 3.05) is 7.05 Å². The van der Waals surface area contributed by atoms with Crippen LogP contribution in [0.3, 0.4) is 0 Å². The Morgan fingerprint density at radius 3 is 2.50 bits per heavy atom. The normalized spacial score (nSPS) is 10.9. The third-order valence-corrected chi connectivity index (χ3v) is 3.82. The van der Waals surface area contributed by atoms with Gasteiger partial charge in [0.25, 0.3) is 0 Å². The zero-order valence-electron chi connectivity index (χ0n) is 13.3. The number of rotatable bonds is 4. The lowest BCUT2D eigenvalue weighted by atomic mass is 10.0. The van der Waals surface area contributed by atoms with E-state index in [0.29, 0.717) is 0 Å². The number of hydrogen-bond donors (Lipinski definition) is 1. The molecule has 112 valence electrons. The second-order valence-electron chi connectivity index (χ2n) is 5.63. The fraction of sp³-hybridized carbons (Fsp3) is 0.211. The second kappa shape index (κ2) is 6.16. The molecule has 0 aliphatic rings. The molecule has 1 heterocycles. The molecule has 0 radical (unpaired) electrons. The van der Waals surface area contributed by atoms with E-state index in [9.17, 15) is 0 Å². The van der Waals surface area contributed by atoms with E-state index < -0.39 is 0 Å². The van der Waals surface area contributed by atoms with Crippen molar-refractivity contribution in [3.05, 3.63) is 71.4 Å². The van der Waals surface area contributed by atoms with E-state index in [0.717, 1.165) is 17.9 Å². The van der Waals surface area contributed by atoms with Crippen molar-refractivity contribution in [3.63, 3.8) is 0 Å². The molecule has 3 rings (SSSR count). The van der Waals surface area contributed by atoms with Crippen LogP contribution in [0.2, 0.25) is 0 Å². The molecule has 0 amide bonds. The van der Waals surface area contributed by atoms with Crippen molar-refractivity contribution in [2.45, 2.75) is 20.4 Å². The number of hydrogen-bond acceptors (Lipinski definition) is 2. The quantitative estimate of drug-likeness (QED) is 0.790. The number of aromatic nitrogens is 2.